The van der Waals surface area contributed by atoms with E-state index in [0.29, 0.717) is 16.5 Å². The van der Waals surface area contributed by atoms with Crippen LogP contribution >= 0.6 is 23.2 Å². The molecular formula is C13H11Cl2N3O2. The number of carbonyl (C=O) groups is 1. The predicted molar refractivity (Wildman–Crippen MR) is 77.7 cm³/mol. The summed E-state index contributed by atoms with van der Waals surface area (Å²) in [6.07, 6.45) is 2.68. The van der Waals surface area contributed by atoms with Gasteiger partial charge >= 0.3 is 0 Å². The number of anilines is 1. The van der Waals surface area contributed by atoms with Crippen molar-refractivity contribution in [1.82, 2.24) is 9.97 Å². The van der Waals surface area contributed by atoms with Gasteiger partial charge in [0.25, 0.3) is 5.91 Å². The molecule has 0 aliphatic rings. The maximum atomic E-state index is 12.1. The number of methoxy groups -OCH3 is 1. The number of nitrogens with one attached hydrogen (secondary N) is 1. The van der Waals surface area contributed by atoms with E-state index < -0.39 is 5.91 Å². The van der Waals surface area contributed by atoms with Crippen LogP contribution in [-0.4, -0.2) is 23.0 Å². The standard InChI is InChI=1S/C13H11Cl2N3O2/c1-7-3-9(11(20-2)4-8(7)14)18-13(19)10-5-16-6-12(15)17-10/h3-6H,1-2H3,(H,18,19). The number of hydrogen-bond donors (Lipinski definition) is 1. The van der Waals surface area contributed by atoms with Crippen molar-refractivity contribution in [2.75, 3.05) is 12.4 Å². The maximum Gasteiger partial charge on any atom is 0.276 e. The summed E-state index contributed by atoms with van der Waals surface area (Å²) in [4.78, 5) is 19.8. The lowest BCUT2D eigenvalue weighted by Gasteiger charge is -2.12. The molecule has 20 heavy (non-hydrogen) atoms. The van der Waals surface area contributed by atoms with Gasteiger partial charge in [0.1, 0.15) is 16.6 Å². The van der Waals surface area contributed by atoms with E-state index in [9.17, 15) is 4.79 Å². The lowest BCUT2D eigenvalue weighted by Crippen LogP contribution is -2.15. The van der Waals surface area contributed by atoms with Crippen LogP contribution in [0.4, 0.5) is 5.69 Å². The lowest BCUT2D eigenvalue weighted by molar-refractivity contribution is 0.102. The zero-order chi connectivity index (χ0) is 14.7. The average molecular weight is 312 g/mol. The highest BCUT2D eigenvalue weighted by molar-refractivity contribution is 6.31. The summed E-state index contributed by atoms with van der Waals surface area (Å²) in [6.45, 7) is 1.83. The Morgan fingerprint density at radius 3 is 2.70 bits per heavy atom. The second-order valence-electron chi connectivity index (χ2n) is 3.98. The fourth-order valence-electron chi connectivity index (χ4n) is 1.57. The number of rotatable bonds is 3. The Morgan fingerprint density at radius 2 is 2.05 bits per heavy atom. The minimum Gasteiger partial charge on any atom is -0.495 e. The van der Waals surface area contributed by atoms with Crippen LogP contribution in [0.1, 0.15) is 16.1 Å². The molecule has 1 heterocycles. The van der Waals surface area contributed by atoms with E-state index in [-0.39, 0.29) is 10.8 Å². The van der Waals surface area contributed by atoms with Crippen LogP contribution in [0.15, 0.2) is 24.5 Å². The Hall–Kier alpha value is -1.85. The number of ether oxygens (including phenoxy) is 1. The Balaban J connectivity index is 2.30. The van der Waals surface area contributed by atoms with Crippen molar-refractivity contribution in [2.45, 2.75) is 6.92 Å². The summed E-state index contributed by atoms with van der Waals surface area (Å²) in [7, 11) is 1.50. The first kappa shape index (κ1) is 14.6. The van der Waals surface area contributed by atoms with Gasteiger partial charge in [0.05, 0.1) is 25.2 Å². The number of amides is 1. The van der Waals surface area contributed by atoms with Gasteiger partial charge in [-0.2, -0.15) is 0 Å². The van der Waals surface area contributed by atoms with Crippen LogP contribution in [0.2, 0.25) is 10.2 Å². The van der Waals surface area contributed by atoms with E-state index in [1.54, 1.807) is 12.1 Å². The van der Waals surface area contributed by atoms with E-state index in [1.165, 1.54) is 19.5 Å². The smallest absolute Gasteiger partial charge is 0.276 e. The van der Waals surface area contributed by atoms with Crippen molar-refractivity contribution in [3.05, 3.63) is 46.0 Å². The second-order valence-corrected chi connectivity index (χ2v) is 4.78. The number of benzene rings is 1. The summed E-state index contributed by atoms with van der Waals surface area (Å²) >= 11 is 11.7. The van der Waals surface area contributed by atoms with Crippen LogP contribution in [0.5, 0.6) is 5.75 Å². The molecule has 2 rings (SSSR count). The molecule has 0 saturated carbocycles. The number of nitrogens with zero attached hydrogens (tertiary/aromatic N) is 2. The molecule has 7 heteroatoms. The predicted octanol–water partition coefficient (Wildman–Crippen LogP) is 3.35. The first-order chi connectivity index (χ1) is 9.51. The van der Waals surface area contributed by atoms with Gasteiger partial charge in [-0.1, -0.05) is 23.2 Å². The molecule has 0 atom stereocenters. The zero-order valence-electron chi connectivity index (χ0n) is 10.8. The summed E-state index contributed by atoms with van der Waals surface area (Å²) in [5.41, 5.74) is 1.44. The third-order valence-corrected chi connectivity index (χ3v) is 3.16. The molecule has 2 aromatic rings. The third-order valence-electron chi connectivity index (χ3n) is 2.57. The Bertz CT molecular complexity index is 662. The van der Waals surface area contributed by atoms with Gasteiger partial charge in [0.2, 0.25) is 0 Å². The van der Waals surface area contributed by atoms with Crippen LogP contribution in [0.25, 0.3) is 0 Å². The molecule has 0 saturated heterocycles. The second kappa shape index (κ2) is 6.07. The highest BCUT2D eigenvalue weighted by Crippen LogP contribution is 2.31. The molecule has 0 spiro atoms. The summed E-state index contributed by atoms with van der Waals surface area (Å²) in [5, 5.41) is 3.40. The van der Waals surface area contributed by atoms with Crippen molar-refractivity contribution >= 4 is 34.8 Å². The van der Waals surface area contributed by atoms with Crippen LogP contribution in [0.3, 0.4) is 0 Å². The topological polar surface area (TPSA) is 64.1 Å². The fraction of sp³-hybridized carbons (Fsp3) is 0.154. The van der Waals surface area contributed by atoms with Crippen LogP contribution in [0, 0.1) is 6.92 Å². The van der Waals surface area contributed by atoms with Crippen molar-refractivity contribution in [3.63, 3.8) is 0 Å². The Kier molecular flexibility index (Phi) is 4.42. The number of hydrogen-bond acceptors (Lipinski definition) is 4. The van der Waals surface area contributed by atoms with Crippen LogP contribution in [-0.2, 0) is 0 Å². The molecule has 0 unspecified atom stereocenters. The largest absolute Gasteiger partial charge is 0.495 e. The van der Waals surface area contributed by atoms with Gasteiger partial charge in [-0.25, -0.2) is 4.98 Å². The van der Waals surface area contributed by atoms with E-state index in [1.807, 2.05) is 6.92 Å². The number of aromatic nitrogens is 2. The maximum absolute atomic E-state index is 12.1. The van der Waals surface area contributed by atoms with Crippen LogP contribution < -0.4 is 10.1 Å². The molecule has 0 radical (unpaired) electrons. The molecule has 1 aromatic carbocycles. The SMILES string of the molecule is COc1cc(Cl)c(C)cc1NC(=O)c1cncc(Cl)n1. The normalized spacial score (nSPS) is 10.2. The molecule has 1 N–H and O–H groups in total. The van der Waals surface area contributed by atoms with Crippen molar-refractivity contribution in [2.24, 2.45) is 0 Å². The first-order valence-corrected chi connectivity index (χ1v) is 6.40. The third kappa shape index (κ3) is 3.18. The summed E-state index contributed by atoms with van der Waals surface area (Å²) in [6, 6.07) is 3.35. The Labute approximate surface area is 125 Å². The van der Waals surface area contributed by atoms with E-state index >= 15 is 0 Å². The molecule has 0 aliphatic heterocycles. The fourth-order valence-corrected chi connectivity index (χ4v) is 1.87. The summed E-state index contributed by atoms with van der Waals surface area (Å²) < 4.78 is 5.18. The highest BCUT2D eigenvalue weighted by atomic mass is 35.5. The van der Waals surface area contributed by atoms with Crippen molar-refractivity contribution in [3.8, 4) is 5.75 Å². The van der Waals surface area contributed by atoms with Crippen molar-refractivity contribution in [1.29, 1.82) is 0 Å². The van der Waals surface area contributed by atoms with Gasteiger partial charge in [-0.3, -0.25) is 9.78 Å². The monoisotopic (exact) mass is 311 g/mol. The molecule has 1 amide bonds. The van der Waals surface area contributed by atoms with Gasteiger partial charge in [-0.15, -0.1) is 0 Å². The lowest BCUT2D eigenvalue weighted by atomic mass is 10.2. The molecule has 0 fully saturated rings. The average Bonchev–Trinajstić information content (AvgIpc) is 2.42. The molecule has 104 valence electrons. The van der Waals surface area contributed by atoms with Gasteiger partial charge in [0.15, 0.2) is 0 Å². The minimum atomic E-state index is -0.431. The minimum absolute atomic E-state index is 0.118. The quantitative estimate of drug-likeness (QED) is 0.944. The molecule has 0 aliphatic carbocycles. The highest BCUT2D eigenvalue weighted by Gasteiger charge is 2.13. The summed E-state index contributed by atoms with van der Waals surface area (Å²) in [5.74, 6) is 0.0314. The molecule has 1 aromatic heterocycles. The molecule has 5 nitrogen and oxygen atoms in total. The first-order valence-electron chi connectivity index (χ1n) is 5.64. The van der Waals surface area contributed by atoms with E-state index in [0.717, 1.165) is 5.56 Å². The van der Waals surface area contributed by atoms with Gasteiger partial charge < -0.3 is 10.1 Å². The number of halogens is 2. The van der Waals surface area contributed by atoms with E-state index in [2.05, 4.69) is 15.3 Å². The molecule has 0 bridgehead atoms. The zero-order valence-corrected chi connectivity index (χ0v) is 12.3. The molecular weight excluding hydrogens is 301 g/mol. The van der Waals surface area contributed by atoms with Crippen molar-refractivity contribution < 1.29 is 9.53 Å². The van der Waals surface area contributed by atoms with Gasteiger partial charge in [-0.05, 0) is 18.6 Å². The number of aryl methyl sites for hydroxylation is 1. The Morgan fingerprint density at radius 1 is 1.30 bits per heavy atom. The van der Waals surface area contributed by atoms with Gasteiger partial charge in [0, 0.05) is 11.1 Å². The van der Waals surface area contributed by atoms with E-state index in [4.69, 9.17) is 27.9 Å². The number of carbonyl (C=O) groups excluding carboxylic acids is 1.